The lowest BCUT2D eigenvalue weighted by atomic mass is 10.1. The predicted octanol–water partition coefficient (Wildman–Crippen LogP) is 3.57. The number of benzene rings is 1. The van der Waals surface area contributed by atoms with Gasteiger partial charge in [0.1, 0.15) is 11.5 Å². The Morgan fingerprint density at radius 2 is 2.05 bits per heavy atom. The number of carbonyl (C=O) groups is 1. The Bertz CT molecular complexity index is 680. The van der Waals surface area contributed by atoms with Gasteiger partial charge in [-0.2, -0.15) is 13.2 Å². The first-order valence-electron chi connectivity index (χ1n) is 6.40. The monoisotopic (exact) mass is 313 g/mol. The Morgan fingerprint density at radius 1 is 1.32 bits per heavy atom. The third kappa shape index (κ3) is 4.00. The fraction of sp³-hybridized carbons (Fsp3) is 0.286. The van der Waals surface area contributed by atoms with Crippen molar-refractivity contribution in [2.45, 2.75) is 26.6 Å². The van der Waals surface area contributed by atoms with E-state index in [4.69, 9.17) is 4.52 Å². The van der Waals surface area contributed by atoms with Crippen molar-refractivity contribution in [1.82, 2.24) is 5.16 Å². The van der Waals surface area contributed by atoms with Crippen LogP contribution in [-0.2, 0) is 17.5 Å². The summed E-state index contributed by atoms with van der Waals surface area (Å²) >= 11 is 0. The van der Waals surface area contributed by atoms with Gasteiger partial charge in [0, 0.05) is 24.4 Å². The number of aromatic nitrogens is 1. The molecule has 5 nitrogen and oxygen atoms in total. The molecule has 0 atom stereocenters. The number of aryl methyl sites for hydroxylation is 1. The molecule has 0 aliphatic rings. The molecule has 2 rings (SSSR count). The number of rotatable bonds is 4. The van der Waals surface area contributed by atoms with E-state index in [0.29, 0.717) is 11.5 Å². The van der Waals surface area contributed by atoms with Gasteiger partial charge in [-0.1, -0.05) is 5.16 Å². The second kappa shape index (κ2) is 6.08. The van der Waals surface area contributed by atoms with Gasteiger partial charge in [0.25, 0.3) is 0 Å². The smallest absolute Gasteiger partial charge is 0.379 e. The van der Waals surface area contributed by atoms with E-state index in [9.17, 15) is 18.0 Å². The Hall–Kier alpha value is -2.51. The molecule has 0 radical (unpaired) electrons. The van der Waals surface area contributed by atoms with Crippen LogP contribution in [0, 0.1) is 6.92 Å². The van der Waals surface area contributed by atoms with E-state index >= 15 is 0 Å². The number of halogens is 3. The second-order valence-electron chi connectivity index (χ2n) is 4.72. The van der Waals surface area contributed by atoms with Gasteiger partial charge in [-0.25, -0.2) is 0 Å². The Kier molecular flexibility index (Phi) is 4.39. The first kappa shape index (κ1) is 15.9. The number of hydrogen-bond donors (Lipinski definition) is 2. The van der Waals surface area contributed by atoms with Crippen LogP contribution in [0.15, 0.2) is 28.8 Å². The van der Waals surface area contributed by atoms with Crippen LogP contribution in [0.25, 0.3) is 0 Å². The first-order valence-corrected chi connectivity index (χ1v) is 6.40. The van der Waals surface area contributed by atoms with Crippen molar-refractivity contribution in [3.63, 3.8) is 0 Å². The molecule has 0 aliphatic heterocycles. The molecule has 0 saturated carbocycles. The van der Waals surface area contributed by atoms with Crippen LogP contribution in [0.2, 0.25) is 0 Å². The third-order valence-corrected chi connectivity index (χ3v) is 2.78. The Morgan fingerprint density at radius 3 is 2.59 bits per heavy atom. The van der Waals surface area contributed by atoms with E-state index in [1.807, 2.05) is 0 Å². The summed E-state index contributed by atoms with van der Waals surface area (Å²) in [7, 11) is 0. The highest BCUT2D eigenvalue weighted by molar-refractivity contribution is 5.89. The first-order chi connectivity index (χ1) is 10.3. The molecule has 0 saturated heterocycles. The van der Waals surface area contributed by atoms with Crippen molar-refractivity contribution in [3.8, 4) is 0 Å². The van der Waals surface area contributed by atoms with E-state index in [2.05, 4.69) is 15.8 Å². The molecular weight excluding hydrogens is 299 g/mol. The molecule has 2 aromatic rings. The minimum Gasteiger partial charge on any atom is -0.379 e. The van der Waals surface area contributed by atoms with Crippen molar-refractivity contribution in [2.75, 3.05) is 10.6 Å². The summed E-state index contributed by atoms with van der Waals surface area (Å²) in [6, 6.07) is 5.18. The number of anilines is 2. The van der Waals surface area contributed by atoms with Gasteiger partial charge in [-0.05, 0) is 25.1 Å². The normalized spacial score (nSPS) is 11.3. The molecule has 1 aromatic heterocycles. The van der Waals surface area contributed by atoms with Crippen LogP contribution < -0.4 is 10.6 Å². The van der Waals surface area contributed by atoms with Gasteiger partial charge in [-0.15, -0.1) is 0 Å². The molecule has 22 heavy (non-hydrogen) atoms. The lowest BCUT2D eigenvalue weighted by Crippen LogP contribution is -2.13. The minimum absolute atomic E-state index is 0.0858. The highest BCUT2D eigenvalue weighted by atomic mass is 19.4. The number of carbonyl (C=O) groups excluding carboxylic acids is 1. The largest absolute Gasteiger partial charge is 0.418 e. The molecule has 0 bridgehead atoms. The molecule has 0 fully saturated rings. The summed E-state index contributed by atoms with van der Waals surface area (Å²) in [6.45, 7) is 3.02. The lowest BCUT2D eigenvalue weighted by Gasteiger charge is -2.15. The van der Waals surface area contributed by atoms with Gasteiger partial charge in [0.05, 0.1) is 12.1 Å². The van der Waals surface area contributed by atoms with E-state index < -0.39 is 17.6 Å². The van der Waals surface area contributed by atoms with Gasteiger partial charge in [0.2, 0.25) is 5.91 Å². The summed E-state index contributed by atoms with van der Waals surface area (Å²) < 4.78 is 44.2. The summed E-state index contributed by atoms with van der Waals surface area (Å²) in [5.41, 5.74) is -0.375. The number of hydrogen-bond acceptors (Lipinski definition) is 4. The zero-order valence-corrected chi connectivity index (χ0v) is 11.9. The second-order valence-corrected chi connectivity index (χ2v) is 4.72. The third-order valence-electron chi connectivity index (χ3n) is 2.78. The van der Waals surface area contributed by atoms with Crippen molar-refractivity contribution in [1.29, 1.82) is 0 Å². The van der Waals surface area contributed by atoms with Crippen molar-refractivity contribution >= 4 is 17.3 Å². The van der Waals surface area contributed by atoms with Gasteiger partial charge in [0.15, 0.2) is 0 Å². The highest BCUT2D eigenvalue weighted by Crippen LogP contribution is 2.36. The maximum absolute atomic E-state index is 13.1. The Balaban J connectivity index is 2.23. The van der Waals surface area contributed by atoms with Crippen LogP contribution >= 0.6 is 0 Å². The van der Waals surface area contributed by atoms with Crippen LogP contribution in [-0.4, -0.2) is 11.1 Å². The van der Waals surface area contributed by atoms with Crippen LogP contribution in [0.3, 0.4) is 0 Å². The van der Waals surface area contributed by atoms with Crippen molar-refractivity contribution < 1.29 is 22.5 Å². The van der Waals surface area contributed by atoms with Gasteiger partial charge < -0.3 is 15.2 Å². The average molecular weight is 313 g/mol. The van der Waals surface area contributed by atoms with Gasteiger partial charge in [-0.3, -0.25) is 4.79 Å². The molecular formula is C14H14F3N3O2. The number of nitrogens with one attached hydrogen (secondary N) is 2. The Labute approximate surface area is 124 Å². The number of alkyl halides is 3. The maximum Gasteiger partial charge on any atom is 0.418 e. The van der Waals surface area contributed by atoms with Crippen LogP contribution in [0.5, 0.6) is 0 Å². The van der Waals surface area contributed by atoms with E-state index in [1.54, 1.807) is 13.0 Å². The molecule has 1 aromatic carbocycles. The van der Waals surface area contributed by atoms with E-state index in [0.717, 1.165) is 6.07 Å². The fourth-order valence-electron chi connectivity index (χ4n) is 1.90. The molecule has 2 N–H and O–H groups in total. The highest BCUT2D eigenvalue weighted by Gasteiger charge is 2.34. The van der Waals surface area contributed by atoms with Crippen LogP contribution in [0.4, 0.5) is 24.5 Å². The number of amides is 1. The average Bonchev–Trinajstić information content (AvgIpc) is 2.81. The van der Waals surface area contributed by atoms with E-state index in [1.165, 1.54) is 19.1 Å². The summed E-state index contributed by atoms with van der Waals surface area (Å²) in [5, 5.41) is 8.71. The van der Waals surface area contributed by atoms with Crippen LogP contribution in [0.1, 0.15) is 23.9 Å². The lowest BCUT2D eigenvalue weighted by molar-refractivity contribution is -0.137. The molecule has 1 heterocycles. The molecule has 118 valence electrons. The fourth-order valence-corrected chi connectivity index (χ4v) is 1.90. The summed E-state index contributed by atoms with van der Waals surface area (Å²) in [4.78, 5) is 10.9. The standard InChI is InChI=1S/C14H14F3N3O2/c1-8-5-11(20-22-8)7-18-13-4-3-10(19-9(2)21)6-12(13)14(15,16)17/h3-6,18H,7H2,1-2H3,(H,19,21). The predicted molar refractivity (Wildman–Crippen MR) is 74.3 cm³/mol. The quantitative estimate of drug-likeness (QED) is 0.905. The topological polar surface area (TPSA) is 67.2 Å². The molecule has 0 spiro atoms. The summed E-state index contributed by atoms with van der Waals surface area (Å²) in [5.74, 6) is 0.140. The van der Waals surface area contributed by atoms with Crippen molar-refractivity contribution in [2.24, 2.45) is 0 Å². The minimum atomic E-state index is -4.55. The molecule has 1 amide bonds. The van der Waals surface area contributed by atoms with Crippen molar-refractivity contribution in [3.05, 3.63) is 41.3 Å². The number of nitrogens with zero attached hydrogens (tertiary/aromatic N) is 1. The molecule has 8 heteroatoms. The molecule has 0 aliphatic carbocycles. The molecule has 0 unspecified atom stereocenters. The maximum atomic E-state index is 13.1. The SMILES string of the molecule is CC(=O)Nc1ccc(NCc2cc(C)on2)c(C(F)(F)F)c1. The zero-order valence-electron chi connectivity index (χ0n) is 11.9. The zero-order chi connectivity index (χ0) is 16.3. The van der Waals surface area contributed by atoms with Gasteiger partial charge >= 0.3 is 6.18 Å². The van der Waals surface area contributed by atoms with E-state index in [-0.39, 0.29) is 17.9 Å². The summed E-state index contributed by atoms with van der Waals surface area (Å²) in [6.07, 6.45) is -4.55.